The van der Waals surface area contributed by atoms with Gasteiger partial charge in [0, 0.05) is 6.61 Å². The predicted octanol–water partition coefficient (Wildman–Crippen LogP) is 3.84. The van der Waals surface area contributed by atoms with E-state index in [-0.39, 0.29) is 12.6 Å². The molecule has 24 heavy (non-hydrogen) atoms. The molecule has 0 aliphatic carbocycles. The zero-order chi connectivity index (χ0) is 18.2. The highest BCUT2D eigenvalue weighted by atomic mass is 16.6. The first-order chi connectivity index (χ1) is 11.3. The maximum atomic E-state index is 12.1. The maximum Gasteiger partial charge on any atom is 0.349 e. The lowest BCUT2D eigenvalue weighted by atomic mass is 10.0. The van der Waals surface area contributed by atoms with Crippen LogP contribution < -0.4 is 4.74 Å². The Labute approximate surface area is 145 Å². The lowest BCUT2D eigenvalue weighted by Gasteiger charge is -2.25. The van der Waals surface area contributed by atoms with Crippen molar-refractivity contribution in [1.82, 2.24) is 0 Å². The van der Waals surface area contributed by atoms with Crippen LogP contribution in [-0.2, 0) is 22.4 Å². The molecule has 0 bridgehead atoms. The molecule has 0 spiro atoms. The molecule has 1 N–H and O–H groups in total. The molecule has 0 unspecified atom stereocenters. The molecule has 1 rings (SSSR count). The van der Waals surface area contributed by atoms with Crippen molar-refractivity contribution in [2.45, 2.75) is 59.5 Å². The quantitative estimate of drug-likeness (QED) is 0.551. The molecule has 0 saturated carbocycles. The van der Waals surface area contributed by atoms with Crippen LogP contribution in [0.15, 0.2) is 29.8 Å². The second-order valence-corrected chi connectivity index (χ2v) is 6.59. The fourth-order valence-electron chi connectivity index (χ4n) is 2.27. The first-order valence-corrected chi connectivity index (χ1v) is 8.52. The molecule has 0 aliphatic heterocycles. The van der Waals surface area contributed by atoms with Gasteiger partial charge in [-0.3, -0.25) is 0 Å². The Kier molecular flexibility index (Phi) is 7.99. The van der Waals surface area contributed by atoms with Gasteiger partial charge in [0.15, 0.2) is 5.60 Å². The summed E-state index contributed by atoms with van der Waals surface area (Å²) in [5.41, 5.74) is 2.38. The smallest absolute Gasteiger partial charge is 0.349 e. The summed E-state index contributed by atoms with van der Waals surface area (Å²) in [7, 11) is 0. The number of hydrogen-bond donors (Lipinski definition) is 1. The fourth-order valence-corrected chi connectivity index (χ4v) is 2.27. The number of aliphatic hydroxyl groups is 1. The van der Waals surface area contributed by atoms with Gasteiger partial charge in [0.1, 0.15) is 5.75 Å². The Hall–Kier alpha value is -1.81. The maximum absolute atomic E-state index is 12.1. The van der Waals surface area contributed by atoms with Crippen LogP contribution in [0, 0.1) is 0 Å². The summed E-state index contributed by atoms with van der Waals surface area (Å²) in [6.07, 6.45) is 4.43. The molecular weight excluding hydrogens is 304 g/mol. The van der Waals surface area contributed by atoms with Gasteiger partial charge in [-0.15, -0.1) is 0 Å². The molecule has 134 valence electrons. The van der Waals surface area contributed by atoms with Crippen molar-refractivity contribution in [1.29, 1.82) is 0 Å². The Morgan fingerprint density at radius 2 is 2.00 bits per heavy atom. The van der Waals surface area contributed by atoms with Gasteiger partial charge in [-0.25, -0.2) is 4.79 Å². The van der Waals surface area contributed by atoms with Gasteiger partial charge in [-0.05, 0) is 71.1 Å². The average molecular weight is 334 g/mol. The summed E-state index contributed by atoms with van der Waals surface area (Å²) in [4.78, 5) is 12.1. The third-order valence-corrected chi connectivity index (χ3v) is 3.61. The number of carbonyl (C=O) groups is 1. The minimum Gasteiger partial charge on any atom is -0.476 e. The zero-order valence-electron chi connectivity index (χ0n) is 15.5. The Bertz CT molecular complexity index is 569. The van der Waals surface area contributed by atoms with Crippen molar-refractivity contribution >= 4 is 5.97 Å². The van der Waals surface area contributed by atoms with Crippen LogP contribution in [0.5, 0.6) is 5.75 Å². The number of ether oxygens (including phenoxy) is 2. The van der Waals surface area contributed by atoms with E-state index >= 15 is 0 Å². The van der Waals surface area contributed by atoms with Gasteiger partial charge in [0.05, 0.1) is 6.61 Å². The van der Waals surface area contributed by atoms with E-state index in [4.69, 9.17) is 14.6 Å². The fraction of sp³-hybridized carbons (Fsp3) is 0.550. The van der Waals surface area contributed by atoms with E-state index in [0.29, 0.717) is 12.4 Å². The van der Waals surface area contributed by atoms with E-state index in [0.717, 1.165) is 30.4 Å². The van der Waals surface area contributed by atoms with E-state index < -0.39 is 5.60 Å². The summed E-state index contributed by atoms with van der Waals surface area (Å²) in [6, 6.07) is 5.98. The topological polar surface area (TPSA) is 55.8 Å². The minimum atomic E-state index is -1.04. The molecule has 1 aromatic carbocycles. The van der Waals surface area contributed by atoms with Gasteiger partial charge in [0.25, 0.3) is 0 Å². The highest BCUT2D eigenvalue weighted by molar-refractivity contribution is 5.79. The zero-order valence-corrected chi connectivity index (χ0v) is 15.5. The highest BCUT2D eigenvalue weighted by Crippen LogP contribution is 2.27. The monoisotopic (exact) mass is 334 g/mol. The summed E-state index contributed by atoms with van der Waals surface area (Å²) in [5, 5.41) is 9.01. The van der Waals surface area contributed by atoms with E-state index in [1.165, 1.54) is 5.57 Å². The number of benzene rings is 1. The van der Waals surface area contributed by atoms with Crippen LogP contribution in [0.4, 0.5) is 0 Å². The Balaban J connectivity index is 3.06. The molecule has 0 atom stereocenters. The molecule has 1 aromatic rings. The molecule has 0 aliphatic rings. The van der Waals surface area contributed by atoms with E-state index in [1.54, 1.807) is 20.8 Å². The average Bonchev–Trinajstić information content (AvgIpc) is 2.52. The van der Waals surface area contributed by atoms with E-state index in [2.05, 4.69) is 26.0 Å². The number of allylic oxidation sites excluding steroid dienone is 2. The van der Waals surface area contributed by atoms with Gasteiger partial charge in [-0.1, -0.05) is 23.8 Å². The van der Waals surface area contributed by atoms with Gasteiger partial charge in [-0.2, -0.15) is 0 Å². The number of esters is 1. The molecule has 0 fully saturated rings. The number of carbonyl (C=O) groups excluding carboxylic acids is 1. The predicted molar refractivity (Wildman–Crippen MR) is 96.3 cm³/mol. The van der Waals surface area contributed by atoms with Gasteiger partial charge in [0.2, 0.25) is 0 Å². The summed E-state index contributed by atoms with van der Waals surface area (Å²) in [5.74, 6) is 0.320. The van der Waals surface area contributed by atoms with Crippen molar-refractivity contribution in [3.63, 3.8) is 0 Å². The molecule has 0 saturated heterocycles. The van der Waals surface area contributed by atoms with E-state index in [9.17, 15) is 4.79 Å². The van der Waals surface area contributed by atoms with Crippen molar-refractivity contribution in [2.75, 3.05) is 13.2 Å². The minimum absolute atomic E-state index is 0.178. The van der Waals surface area contributed by atoms with Crippen molar-refractivity contribution < 1.29 is 19.4 Å². The molecule has 0 heterocycles. The first-order valence-electron chi connectivity index (χ1n) is 8.52. The largest absolute Gasteiger partial charge is 0.476 e. The van der Waals surface area contributed by atoms with Crippen LogP contribution in [0.3, 0.4) is 0 Å². The number of aliphatic hydroxyl groups excluding tert-OH is 1. The lowest BCUT2D eigenvalue weighted by Crippen LogP contribution is -2.40. The lowest BCUT2D eigenvalue weighted by molar-refractivity contribution is -0.158. The van der Waals surface area contributed by atoms with Crippen LogP contribution >= 0.6 is 0 Å². The summed E-state index contributed by atoms with van der Waals surface area (Å²) >= 11 is 0. The Morgan fingerprint density at radius 1 is 1.29 bits per heavy atom. The normalized spacial score (nSPS) is 11.1. The third kappa shape index (κ3) is 6.36. The standard InChI is InChI=1S/C20H30O4/c1-6-23-19(22)20(4,5)24-18-12-10-16(8-7-13-21)14-17(18)11-9-15(2)3/h9-10,12,14,21H,6-8,11,13H2,1-5H3. The van der Waals surface area contributed by atoms with E-state index in [1.807, 2.05) is 12.1 Å². The molecule has 0 aromatic heterocycles. The van der Waals surface area contributed by atoms with Gasteiger partial charge < -0.3 is 14.6 Å². The summed E-state index contributed by atoms with van der Waals surface area (Å²) in [6.45, 7) is 9.83. The van der Waals surface area contributed by atoms with Gasteiger partial charge >= 0.3 is 5.97 Å². The molecule has 0 radical (unpaired) electrons. The second kappa shape index (κ2) is 9.48. The number of rotatable bonds is 9. The summed E-state index contributed by atoms with van der Waals surface area (Å²) < 4.78 is 11.1. The molecule has 4 heteroatoms. The van der Waals surface area contributed by atoms with Crippen molar-refractivity contribution in [3.05, 3.63) is 41.0 Å². The number of aryl methyl sites for hydroxylation is 1. The van der Waals surface area contributed by atoms with Crippen LogP contribution in [0.25, 0.3) is 0 Å². The highest BCUT2D eigenvalue weighted by Gasteiger charge is 2.32. The van der Waals surface area contributed by atoms with Crippen LogP contribution in [-0.4, -0.2) is 29.9 Å². The first kappa shape index (κ1) is 20.2. The number of hydrogen-bond acceptors (Lipinski definition) is 4. The third-order valence-electron chi connectivity index (χ3n) is 3.61. The van der Waals surface area contributed by atoms with Crippen molar-refractivity contribution in [2.24, 2.45) is 0 Å². The van der Waals surface area contributed by atoms with Crippen LogP contribution in [0.2, 0.25) is 0 Å². The van der Waals surface area contributed by atoms with Crippen molar-refractivity contribution in [3.8, 4) is 5.75 Å². The van der Waals surface area contributed by atoms with Crippen LogP contribution in [0.1, 0.15) is 52.2 Å². The second-order valence-electron chi connectivity index (χ2n) is 6.59. The molecule has 0 amide bonds. The SMILES string of the molecule is CCOC(=O)C(C)(C)Oc1ccc(CCCO)cc1CC=C(C)C. The molecule has 4 nitrogen and oxygen atoms in total. The molecular formula is C20H30O4. The Morgan fingerprint density at radius 3 is 2.58 bits per heavy atom.